The molecule has 1 atom stereocenters. The third-order valence-corrected chi connectivity index (χ3v) is 4.57. The van der Waals surface area contributed by atoms with E-state index in [1.54, 1.807) is 0 Å². The fourth-order valence-electron chi connectivity index (χ4n) is 3.23. The summed E-state index contributed by atoms with van der Waals surface area (Å²) in [5.41, 5.74) is 6.47. The Morgan fingerprint density at radius 2 is 1.58 bits per heavy atom. The van der Waals surface area contributed by atoms with Gasteiger partial charge in [0.2, 0.25) is 12.0 Å². The molecule has 0 aliphatic heterocycles. The Morgan fingerprint density at radius 3 is 2.04 bits per heavy atom. The molecular formula is C19H17F2NO4. The minimum Gasteiger partial charge on any atom is -0.479 e. The summed E-state index contributed by atoms with van der Waals surface area (Å²) in [4.78, 5) is 23.4. The van der Waals surface area contributed by atoms with Gasteiger partial charge in [0.15, 0.2) is 0 Å². The van der Waals surface area contributed by atoms with Gasteiger partial charge in [-0.3, -0.25) is 0 Å². The molecule has 26 heavy (non-hydrogen) atoms. The summed E-state index contributed by atoms with van der Waals surface area (Å²) in [7, 11) is 0. The molecule has 0 saturated heterocycles. The summed E-state index contributed by atoms with van der Waals surface area (Å²) in [6.07, 6.45) is -4.35. The number of fused-ring (bicyclic) bond motifs is 3. The molecule has 136 valence electrons. The number of esters is 1. The molecule has 5 nitrogen and oxygen atoms in total. The van der Waals surface area contributed by atoms with Gasteiger partial charge in [-0.1, -0.05) is 48.5 Å². The van der Waals surface area contributed by atoms with Crippen LogP contribution < -0.4 is 5.73 Å². The summed E-state index contributed by atoms with van der Waals surface area (Å²) in [6.45, 7) is -0.178. The van der Waals surface area contributed by atoms with E-state index in [2.05, 4.69) is 0 Å². The largest absolute Gasteiger partial charge is 0.479 e. The van der Waals surface area contributed by atoms with Crippen molar-refractivity contribution in [3.63, 3.8) is 0 Å². The molecule has 0 amide bonds. The fourth-order valence-corrected chi connectivity index (χ4v) is 3.23. The number of alkyl halides is 2. The van der Waals surface area contributed by atoms with Crippen LogP contribution in [0.15, 0.2) is 48.5 Å². The van der Waals surface area contributed by atoms with Crippen LogP contribution in [-0.4, -0.2) is 35.6 Å². The van der Waals surface area contributed by atoms with Gasteiger partial charge in [-0.05, 0) is 22.3 Å². The van der Waals surface area contributed by atoms with E-state index in [1.807, 2.05) is 48.5 Å². The third kappa shape index (κ3) is 3.06. The van der Waals surface area contributed by atoms with E-state index >= 15 is 0 Å². The lowest BCUT2D eigenvalue weighted by Crippen LogP contribution is -2.57. The van der Waals surface area contributed by atoms with Gasteiger partial charge in [-0.2, -0.15) is 0 Å². The van der Waals surface area contributed by atoms with Crippen molar-refractivity contribution >= 4 is 11.9 Å². The zero-order chi connectivity index (χ0) is 18.9. The lowest BCUT2D eigenvalue weighted by Gasteiger charge is -2.23. The zero-order valence-corrected chi connectivity index (χ0v) is 13.7. The van der Waals surface area contributed by atoms with Crippen molar-refractivity contribution in [2.75, 3.05) is 6.61 Å². The van der Waals surface area contributed by atoms with E-state index < -0.39 is 30.3 Å². The van der Waals surface area contributed by atoms with Crippen molar-refractivity contribution in [1.82, 2.24) is 0 Å². The van der Waals surface area contributed by atoms with E-state index in [0.717, 1.165) is 22.3 Å². The minimum absolute atomic E-state index is 0.178. The highest BCUT2D eigenvalue weighted by Gasteiger charge is 2.47. The second-order valence-electron chi connectivity index (χ2n) is 6.20. The molecule has 0 aromatic heterocycles. The number of carbonyl (C=O) groups excluding carboxylic acids is 1. The molecule has 0 radical (unpaired) electrons. The van der Waals surface area contributed by atoms with Crippen LogP contribution in [0.1, 0.15) is 23.5 Å². The van der Waals surface area contributed by atoms with E-state index in [0.29, 0.717) is 0 Å². The van der Waals surface area contributed by atoms with Crippen molar-refractivity contribution in [1.29, 1.82) is 0 Å². The monoisotopic (exact) mass is 361 g/mol. The maximum absolute atomic E-state index is 12.6. The van der Waals surface area contributed by atoms with Crippen LogP contribution >= 0.6 is 0 Å². The number of carbonyl (C=O) groups is 2. The molecule has 0 bridgehead atoms. The summed E-state index contributed by atoms with van der Waals surface area (Å²) in [5.74, 6) is -3.52. The molecule has 0 spiro atoms. The SMILES string of the molecule is NC(CC(F)F)(C(=O)O)C(=O)OCC1c2ccccc2-c2ccccc21. The smallest absolute Gasteiger partial charge is 0.338 e. The molecule has 2 aromatic carbocycles. The number of halogens is 2. The summed E-state index contributed by atoms with van der Waals surface area (Å²) in [5, 5.41) is 9.10. The Balaban J connectivity index is 1.83. The molecular weight excluding hydrogens is 344 g/mol. The van der Waals surface area contributed by atoms with E-state index in [4.69, 9.17) is 15.6 Å². The Kier molecular flexibility index (Phi) is 4.73. The summed E-state index contributed by atoms with van der Waals surface area (Å²) >= 11 is 0. The second-order valence-corrected chi connectivity index (χ2v) is 6.20. The number of rotatable bonds is 6. The Bertz CT molecular complexity index is 809. The highest BCUT2D eigenvalue weighted by atomic mass is 19.3. The maximum Gasteiger partial charge on any atom is 0.338 e. The van der Waals surface area contributed by atoms with E-state index in [-0.39, 0.29) is 12.5 Å². The first-order valence-corrected chi connectivity index (χ1v) is 8.00. The van der Waals surface area contributed by atoms with Gasteiger partial charge in [-0.25, -0.2) is 18.4 Å². The molecule has 2 aromatic rings. The topological polar surface area (TPSA) is 89.6 Å². The zero-order valence-electron chi connectivity index (χ0n) is 13.7. The first-order chi connectivity index (χ1) is 12.3. The first-order valence-electron chi connectivity index (χ1n) is 8.00. The average molecular weight is 361 g/mol. The lowest BCUT2D eigenvalue weighted by molar-refractivity contribution is -0.163. The normalized spacial score (nSPS) is 15.2. The standard InChI is InChI=1S/C19H17F2NO4/c20-16(21)9-19(22,17(23)24)18(25)26-10-15-13-7-3-1-5-11(13)12-6-2-4-8-14(12)15/h1-8,15-16H,9-10,22H2,(H,23,24). The second kappa shape index (κ2) is 6.84. The van der Waals surface area contributed by atoms with Crippen molar-refractivity contribution in [3.05, 3.63) is 59.7 Å². The Hall–Kier alpha value is -2.80. The van der Waals surface area contributed by atoms with Gasteiger partial charge >= 0.3 is 11.9 Å². The van der Waals surface area contributed by atoms with Crippen LogP contribution in [0.25, 0.3) is 11.1 Å². The van der Waals surface area contributed by atoms with Crippen molar-refractivity contribution in [2.45, 2.75) is 24.3 Å². The third-order valence-electron chi connectivity index (χ3n) is 4.57. The molecule has 1 unspecified atom stereocenters. The lowest BCUT2D eigenvalue weighted by atomic mass is 9.96. The van der Waals surface area contributed by atoms with Gasteiger partial charge < -0.3 is 15.6 Å². The average Bonchev–Trinajstić information content (AvgIpc) is 2.93. The minimum atomic E-state index is -3.04. The molecule has 7 heteroatoms. The first kappa shape index (κ1) is 18.0. The van der Waals surface area contributed by atoms with Gasteiger partial charge in [0, 0.05) is 12.3 Å². The van der Waals surface area contributed by atoms with Crippen LogP contribution in [0.4, 0.5) is 8.78 Å². The number of hydrogen-bond donors (Lipinski definition) is 2. The molecule has 0 fully saturated rings. The summed E-state index contributed by atoms with van der Waals surface area (Å²) < 4.78 is 30.4. The molecule has 0 heterocycles. The summed E-state index contributed by atoms with van der Waals surface area (Å²) in [6, 6.07) is 15.1. The number of benzene rings is 2. The predicted octanol–water partition coefficient (Wildman–Crippen LogP) is 2.78. The number of carboxylic acids is 1. The van der Waals surface area contributed by atoms with Gasteiger partial charge in [-0.15, -0.1) is 0 Å². The van der Waals surface area contributed by atoms with Gasteiger partial charge in [0.1, 0.15) is 6.61 Å². The Labute approximate surface area is 148 Å². The number of hydrogen-bond acceptors (Lipinski definition) is 4. The number of carboxylic acid groups (broad SMARTS) is 1. The maximum atomic E-state index is 12.6. The van der Waals surface area contributed by atoms with Crippen molar-refractivity contribution < 1.29 is 28.2 Å². The van der Waals surface area contributed by atoms with Crippen LogP contribution in [0.3, 0.4) is 0 Å². The van der Waals surface area contributed by atoms with Crippen LogP contribution in [0.5, 0.6) is 0 Å². The Morgan fingerprint density at radius 1 is 1.08 bits per heavy atom. The molecule has 1 aliphatic carbocycles. The van der Waals surface area contributed by atoms with E-state index in [1.165, 1.54) is 0 Å². The molecule has 0 saturated carbocycles. The van der Waals surface area contributed by atoms with Crippen molar-refractivity contribution in [2.24, 2.45) is 5.73 Å². The fraction of sp³-hybridized carbons (Fsp3) is 0.263. The highest BCUT2D eigenvalue weighted by molar-refractivity contribution is 6.03. The van der Waals surface area contributed by atoms with Gasteiger partial charge in [0.05, 0.1) is 0 Å². The molecule has 3 N–H and O–H groups in total. The van der Waals surface area contributed by atoms with Crippen molar-refractivity contribution in [3.8, 4) is 11.1 Å². The molecule has 1 aliphatic rings. The van der Waals surface area contributed by atoms with Crippen LogP contribution in [-0.2, 0) is 14.3 Å². The highest BCUT2D eigenvalue weighted by Crippen LogP contribution is 2.44. The van der Waals surface area contributed by atoms with E-state index in [9.17, 15) is 18.4 Å². The number of nitrogens with two attached hydrogens (primary N) is 1. The molecule has 3 rings (SSSR count). The van der Waals surface area contributed by atoms with Gasteiger partial charge in [0.25, 0.3) is 0 Å². The number of ether oxygens (including phenoxy) is 1. The number of aliphatic carboxylic acids is 1. The van der Waals surface area contributed by atoms with Crippen LogP contribution in [0, 0.1) is 0 Å². The predicted molar refractivity (Wildman–Crippen MR) is 89.9 cm³/mol. The van der Waals surface area contributed by atoms with Crippen LogP contribution in [0.2, 0.25) is 0 Å². The quantitative estimate of drug-likeness (QED) is 0.610.